The van der Waals surface area contributed by atoms with Crippen molar-refractivity contribution in [2.24, 2.45) is 0 Å². The quantitative estimate of drug-likeness (QED) is 0.313. The van der Waals surface area contributed by atoms with Crippen molar-refractivity contribution in [1.29, 1.82) is 0 Å². The normalized spacial score (nSPS) is 14.4. The molecule has 0 aromatic rings. The van der Waals surface area contributed by atoms with Crippen LogP contribution in [0.25, 0.3) is 0 Å². The van der Waals surface area contributed by atoms with Gasteiger partial charge in [-0.3, -0.25) is 4.79 Å². The summed E-state index contributed by atoms with van der Waals surface area (Å²) in [7, 11) is 0. The lowest BCUT2D eigenvalue weighted by Crippen LogP contribution is -2.29. The number of ketones is 1. The minimum absolute atomic E-state index is 0.128. The minimum Gasteiger partial charge on any atom is -0.464 e. The molecule has 0 radical (unpaired) electrons. The van der Waals surface area contributed by atoms with Crippen molar-refractivity contribution >= 4 is 23.4 Å². The molecule has 0 spiro atoms. The standard InChI is InChI=1S/C10H17ClO4/c1-3-4-5-15-10(14)9(11)8(13)6-7(2)12/h7,9,12H,3-6H2,1-2H3/t7?,9-/m0/s1. The number of unbranched alkanes of at least 4 members (excludes halogenated alkanes) is 1. The highest BCUT2D eigenvalue weighted by Crippen LogP contribution is 2.06. The first-order valence-electron chi connectivity index (χ1n) is 5.00. The third-order valence-corrected chi connectivity index (χ3v) is 2.15. The number of alkyl halides is 1. The molecule has 0 aromatic carbocycles. The summed E-state index contributed by atoms with van der Waals surface area (Å²) in [6.07, 6.45) is 0.737. The number of carbonyl (C=O) groups is 2. The van der Waals surface area contributed by atoms with Crippen molar-refractivity contribution in [1.82, 2.24) is 0 Å². The summed E-state index contributed by atoms with van der Waals surface area (Å²) in [4.78, 5) is 22.4. The smallest absolute Gasteiger partial charge is 0.331 e. The first kappa shape index (κ1) is 14.4. The Labute approximate surface area is 94.6 Å². The molecule has 0 rings (SSSR count). The SMILES string of the molecule is CCCCOC(=O)[C@@H](Cl)C(=O)CC(C)O. The zero-order valence-electron chi connectivity index (χ0n) is 9.03. The highest BCUT2D eigenvalue weighted by atomic mass is 35.5. The Bertz CT molecular complexity index is 215. The largest absolute Gasteiger partial charge is 0.464 e. The third kappa shape index (κ3) is 6.47. The van der Waals surface area contributed by atoms with Gasteiger partial charge in [0.15, 0.2) is 11.2 Å². The predicted octanol–water partition coefficient (Wildman–Crippen LogP) is 1.28. The molecule has 0 aromatic heterocycles. The summed E-state index contributed by atoms with van der Waals surface area (Å²) in [6.45, 7) is 3.70. The second kappa shape index (κ2) is 7.65. The molecule has 1 N–H and O–H groups in total. The van der Waals surface area contributed by atoms with Crippen LogP contribution in [0.3, 0.4) is 0 Å². The van der Waals surface area contributed by atoms with E-state index in [1.165, 1.54) is 6.92 Å². The molecule has 2 atom stereocenters. The van der Waals surface area contributed by atoms with Crippen molar-refractivity contribution in [2.45, 2.75) is 44.6 Å². The Kier molecular flexibility index (Phi) is 7.34. The summed E-state index contributed by atoms with van der Waals surface area (Å²) >= 11 is 5.57. The van der Waals surface area contributed by atoms with Gasteiger partial charge in [-0.2, -0.15) is 0 Å². The molecule has 0 aliphatic heterocycles. The summed E-state index contributed by atoms with van der Waals surface area (Å²) in [5.74, 6) is -1.23. The lowest BCUT2D eigenvalue weighted by molar-refractivity contribution is -0.145. The Balaban J connectivity index is 3.91. The highest BCUT2D eigenvalue weighted by Gasteiger charge is 2.25. The number of aliphatic hydroxyl groups is 1. The number of rotatable bonds is 7. The lowest BCUT2D eigenvalue weighted by atomic mass is 10.1. The van der Waals surface area contributed by atoms with Crippen LogP contribution in [0.15, 0.2) is 0 Å². The summed E-state index contributed by atoms with van der Waals surface area (Å²) in [5.41, 5.74) is 0. The van der Waals surface area contributed by atoms with Crippen LogP contribution in [0.1, 0.15) is 33.1 Å². The minimum atomic E-state index is -1.29. The molecule has 1 unspecified atom stereocenters. The molecular formula is C10H17ClO4. The van der Waals surface area contributed by atoms with Crippen molar-refractivity contribution < 1.29 is 19.4 Å². The van der Waals surface area contributed by atoms with Gasteiger partial charge in [-0.15, -0.1) is 11.6 Å². The molecule has 4 nitrogen and oxygen atoms in total. The first-order chi connectivity index (χ1) is 6.99. The number of Topliss-reactive ketones (excluding diaryl/α,β-unsaturated/α-hetero) is 1. The molecule has 0 aliphatic rings. The molecule has 0 amide bonds. The van der Waals surface area contributed by atoms with Gasteiger partial charge in [0.05, 0.1) is 12.7 Å². The van der Waals surface area contributed by atoms with Gasteiger partial charge in [0.1, 0.15) is 0 Å². The molecule has 0 fully saturated rings. The van der Waals surface area contributed by atoms with Gasteiger partial charge in [-0.1, -0.05) is 13.3 Å². The summed E-state index contributed by atoms with van der Waals surface area (Å²) in [6, 6.07) is 0. The maximum absolute atomic E-state index is 11.2. The van der Waals surface area contributed by atoms with Crippen molar-refractivity contribution in [3.63, 3.8) is 0 Å². The Morgan fingerprint density at radius 1 is 1.47 bits per heavy atom. The number of hydrogen-bond acceptors (Lipinski definition) is 4. The molecule has 0 bridgehead atoms. The van der Waals surface area contributed by atoms with Crippen LogP contribution < -0.4 is 0 Å². The number of hydrogen-bond donors (Lipinski definition) is 1. The topological polar surface area (TPSA) is 63.6 Å². The Hall–Kier alpha value is -0.610. The van der Waals surface area contributed by atoms with E-state index in [-0.39, 0.29) is 13.0 Å². The Morgan fingerprint density at radius 3 is 2.53 bits per heavy atom. The molecule has 15 heavy (non-hydrogen) atoms. The highest BCUT2D eigenvalue weighted by molar-refractivity contribution is 6.41. The van der Waals surface area contributed by atoms with Crippen LogP contribution in [0.5, 0.6) is 0 Å². The van der Waals surface area contributed by atoms with Gasteiger partial charge in [0.2, 0.25) is 0 Å². The number of aliphatic hydroxyl groups excluding tert-OH is 1. The Morgan fingerprint density at radius 2 is 2.07 bits per heavy atom. The molecule has 0 saturated carbocycles. The second-order valence-corrected chi connectivity index (χ2v) is 3.84. The van der Waals surface area contributed by atoms with Crippen LogP contribution in [-0.2, 0) is 14.3 Å². The van der Waals surface area contributed by atoms with Gasteiger partial charge in [0.25, 0.3) is 0 Å². The van der Waals surface area contributed by atoms with Crippen molar-refractivity contribution in [3.05, 3.63) is 0 Å². The van der Waals surface area contributed by atoms with Gasteiger partial charge in [-0.05, 0) is 13.3 Å². The number of esters is 1. The van der Waals surface area contributed by atoms with Gasteiger partial charge >= 0.3 is 5.97 Å². The van der Waals surface area contributed by atoms with Crippen LogP contribution in [0, 0.1) is 0 Å². The average molecular weight is 237 g/mol. The number of ether oxygens (including phenoxy) is 1. The predicted molar refractivity (Wildman–Crippen MR) is 56.8 cm³/mol. The van der Waals surface area contributed by atoms with E-state index in [1.54, 1.807) is 0 Å². The van der Waals surface area contributed by atoms with E-state index in [4.69, 9.17) is 21.4 Å². The van der Waals surface area contributed by atoms with E-state index in [2.05, 4.69) is 0 Å². The van der Waals surface area contributed by atoms with Crippen LogP contribution in [-0.4, -0.2) is 34.9 Å². The van der Waals surface area contributed by atoms with E-state index < -0.39 is 23.2 Å². The van der Waals surface area contributed by atoms with E-state index in [0.29, 0.717) is 0 Å². The van der Waals surface area contributed by atoms with E-state index in [0.717, 1.165) is 12.8 Å². The maximum Gasteiger partial charge on any atom is 0.331 e. The van der Waals surface area contributed by atoms with Gasteiger partial charge in [-0.25, -0.2) is 4.79 Å². The first-order valence-corrected chi connectivity index (χ1v) is 5.44. The molecule has 0 saturated heterocycles. The number of carbonyl (C=O) groups excluding carboxylic acids is 2. The fraction of sp³-hybridized carbons (Fsp3) is 0.800. The summed E-state index contributed by atoms with van der Waals surface area (Å²) < 4.78 is 4.77. The van der Waals surface area contributed by atoms with Crippen LogP contribution in [0.2, 0.25) is 0 Å². The van der Waals surface area contributed by atoms with E-state index in [1.807, 2.05) is 6.92 Å². The van der Waals surface area contributed by atoms with Crippen molar-refractivity contribution in [3.8, 4) is 0 Å². The number of halogens is 1. The molecule has 5 heteroatoms. The zero-order valence-corrected chi connectivity index (χ0v) is 9.79. The average Bonchev–Trinajstić information content (AvgIpc) is 2.15. The maximum atomic E-state index is 11.2. The third-order valence-electron chi connectivity index (χ3n) is 1.73. The van der Waals surface area contributed by atoms with E-state index >= 15 is 0 Å². The zero-order chi connectivity index (χ0) is 11.8. The van der Waals surface area contributed by atoms with Gasteiger partial charge < -0.3 is 9.84 Å². The second-order valence-electron chi connectivity index (χ2n) is 3.40. The van der Waals surface area contributed by atoms with Gasteiger partial charge in [0, 0.05) is 6.42 Å². The fourth-order valence-corrected chi connectivity index (χ4v) is 1.07. The molecule has 0 aliphatic carbocycles. The van der Waals surface area contributed by atoms with Crippen LogP contribution >= 0.6 is 11.6 Å². The fourth-order valence-electron chi connectivity index (χ4n) is 0.916. The van der Waals surface area contributed by atoms with E-state index in [9.17, 15) is 9.59 Å². The van der Waals surface area contributed by atoms with Crippen molar-refractivity contribution in [2.75, 3.05) is 6.61 Å². The monoisotopic (exact) mass is 236 g/mol. The summed E-state index contributed by atoms with van der Waals surface area (Å²) in [5, 5.41) is 7.64. The lowest BCUT2D eigenvalue weighted by Gasteiger charge is -2.09. The van der Waals surface area contributed by atoms with Crippen LogP contribution in [0.4, 0.5) is 0 Å². The molecule has 88 valence electrons. The molecular weight excluding hydrogens is 220 g/mol. The molecule has 0 heterocycles.